The highest BCUT2D eigenvalue weighted by atomic mass is 14.9. The quantitative estimate of drug-likeness (QED) is 0.936. The van der Waals surface area contributed by atoms with Gasteiger partial charge in [-0.15, -0.1) is 0 Å². The summed E-state index contributed by atoms with van der Waals surface area (Å²) in [5.74, 6) is 0.986. The summed E-state index contributed by atoms with van der Waals surface area (Å²) < 4.78 is 0. The Morgan fingerprint density at radius 1 is 1.00 bits per heavy atom. The number of aromatic nitrogens is 2. The molecule has 2 N–H and O–H groups in total. The van der Waals surface area contributed by atoms with E-state index in [1.807, 2.05) is 12.3 Å². The SMILES string of the molecule is NCCc1ccnc(C2(c3ccccc3)CCCCC2)n1. The minimum atomic E-state index is -0.00980. The molecule has 1 aliphatic carbocycles. The lowest BCUT2D eigenvalue weighted by molar-refractivity contribution is 0.329. The Labute approximate surface area is 126 Å². The van der Waals surface area contributed by atoms with E-state index in [0.717, 1.165) is 30.8 Å². The number of nitrogens with two attached hydrogens (primary N) is 1. The molecule has 0 spiro atoms. The van der Waals surface area contributed by atoms with Gasteiger partial charge in [-0.1, -0.05) is 49.6 Å². The van der Waals surface area contributed by atoms with Gasteiger partial charge >= 0.3 is 0 Å². The molecule has 0 amide bonds. The van der Waals surface area contributed by atoms with Crippen LogP contribution in [0.1, 0.15) is 49.2 Å². The molecule has 0 aliphatic heterocycles. The molecule has 1 aromatic carbocycles. The Morgan fingerprint density at radius 2 is 1.76 bits per heavy atom. The molecule has 110 valence electrons. The molecule has 1 aromatic heterocycles. The zero-order valence-electron chi connectivity index (χ0n) is 12.5. The normalized spacial score (nSPS) is 17.6. The topological polar surface area (TPSA) is 51.8 Å². The molecule has 1 aliphatic rings. The van der Waals surface area contributed by atoms with Crippen molar-refractivity contribution < 1.29 is 0 Å². The predicted molar refractivity (Wildman–Crippen MR) is 85.1 cm³/mol. The van der Waals surface area contributed by atoms with Crippen LogP contribution in [0.5, 0.6) is 0 Å². The van der Waals surface area contributed by atoms with Gasteiger partial charge in [-0.25, -0.2) is 9.97 Å². The van der Waals surface area contributed by atoms with Crippen LogP contribution in [-0.2, 0) is 11.8 Å². The van der Waals surface area contributed by atoms with Gasteiger partial charge in [0.1, 0.15) is 5.82 Å². The fourth-order valence-electron chi connectivity index (χ4n) is 3.47. The number of benzene rings is 1. The summed E-state index contributed by atoms with van der Waals surface area (Å²) in [6.07, 6.45) is 8.81. The Kier molecular flexibility index (Phi) is 4.30. The third-order valence-electron chi connectivity index (χ3n) is 4.58. The zero-order chi connectivity index (χ0) is 14.5. The van der Waals surface area contributed by atoms with Gasteiger partial charge in [-0.3, -0.25) is 0 Å². The van der Waals surface area contributed by atoms with E-state index < -0.39 is 0 Å². The van der Waals surface area contributed by atoms with Crippen LogP contribution in [0.15, 0.2) is 42.6 Å². The first-order valence-corrected chi connectivity index (χ1v) is 7.93. The molecule has 0 saturated heterocycles. The number of rotatable bonds is 4. The van der Waals surface area contributed by atoms with E-state index in [9.17, 15) is 0 Å². The molecule has 21 heavy (non-hydrogen) atoms. The third kappa shape index (κ3) is 2.84. The van der Waals surface area contributed by atoms with Crippen molar-refractivity contribution in [3.8, 4) is 0 Å². The van der Waals surface area contributed by atoms with E-state index in [1.165, 1.54) is 24.8 Å². The minimum absolute atomic E-state index is 0.00980. The van der Waals surface area contributed by atoms with Crippen LogP contribution in [0.3, 0.4) is 0 Å². The van der Waals surface area contributed by atoms with Crippen molar-refractivity contribution in [2.24, 2.45) is 5.73 Å². The second-order valence-electron chi connectivity index (χ2n) is 5.92. The summed E-state index contributed by atoms with van der Waals surface area (Å²) in [5.41, 5.74) is 8.08. The predicted octanol–water partition coefficient (Wildman–Crippen LogP) is 3.23. The molecule has 1 heterocycles. The summed E-state index contributed by atoms with van der Waals surface area (Å²) >= 11 is 0. The lowest BCUT2D eigenvalue weighted by Gasteiger charge is -2.36. The van der Waals surface area contributed by atoms with Crippen molar-refractivity contribution in [1.29, 1.82) is 0 Å². The minimum Gasteiger partial charge on any atom is -0.330 e. The molecular weight excluding hydrogens is 258 g/mol. The van der Waals surface area contributed by atoms with E-state index in [4.69, 9.17) is 10.7 Å². The molecule has 3 nitrogen and oxygen atoms in total. The summed E-state index contributed by atoms with van der Waals surface area (Å²) in [7, 11) is 0. The highest BCUT2D eigenvalue weighted by molar-refractivity contribution is 5.33. The summed E-state index contributed by atoms with van der Waals surface area (Å²) in [5, 5.41) is 0. The molecule has 1 fully saturated rings. The molecule has 0 bridgehead atoms. The molecule has 0 atom stereocenters. The summed E-state index contributed by atoms with van der Waals surface area (Å²) in [6, 6.07) is 12.8. The maximum Gasteiger partial charge on any atom is 0.139 e. The zero-order valence-corrected chi connectivity index (χ0v) is 12.5. The Morgan fingerprint density at radius 3 is 2.48 bits per heavy atom. The van der Waals surface area contributed by atoms with Gasteiger partial charge in [0.2, 0.25) is 0 Å². The summed E-state index contributed by atoms with van der Waals surface area (Å²) in [4.78, 5) is 9.49. The maximum absolute atomic E-state index is 5.67. The molecule has 0 unspecified atom stereocenters. The van der Waals surface area contributed by atoms with E-state index in [-0.39, 0.29) is 5.41 Å². The molecule has 2 aromatic rings. The van der Waals surface area contributed by atoms with Gasteiger partial charge in [-0.05, 0) is 31.0 Å². The van der Waals surface area contributed by atoms with Crippen molar-refractivity contribution in [3.05, 3.63) is 59.7 Å². The number of nitrogens with zero attached hydrogens (tertiary/aromatic N) is 2. The standard InChI is InChI=1S/C18H23N3/c19-13-9-16-10-14-20-17(21-16)18(11-5-2-6-12-18)15-7-3-1-4-8-15/h1,3-4,7-8,10,14H,2,5-6,9,11-13,19H2. The number of hydrogen-bond acceptors (Lipinski definition) is 3. The van der Waals surface area contributed by atoms with Crippen LogP contribution >= 0.6 is 0 Å². The van der Waals surface area contributed by atoms with Gasteiger partial charge in [0, 0.05) is 18.3 Å². The first-order valence-electron chi connectivity index (χ1n) is 7.93. The van der Waals surface area contributed by atoms with Crippen LogP contribution in [0, 0.1) is 0 Å². The van der Waals surface area contributed by atoms with E-state index in [2.05, 4.69) is 35.3 Å². The van der Waals surface area contributed by atoms with E-state index >= 15 is 0 Å². The van der Waals surface area contributed by atoms with Gasteiger partial charge in [-0.2, -0.15) is 0 Å². The van der Waals surface area contributed by atoms with Crippen molar-refractivity contribution in [3.63, 3.8) is 0 Å². The van der Waals surface area contributed by atoms with Crippen molar-refractivity contribution in [2.75, 3.05) is 6.54 Å². The van der Waals surface area contributed by atoms with Crippen LogP contribution in [-0.4, -0.2) is 16.5 Å². The monoisotopic (exact) mass is 281 g/mol. The molecule has 1 saturated carbocycles. The van der Waals surface area contributed by atoms with Crippen LogP contribution in [0.25, 0.3) is 0 Å². The summed E-state index contributed by atoms with van der Waals surface area (Å²) in [6.45, 7) is 0.634. The van der Waals surface area contributed by atoms with E-state index in [1.54, 1.807) is 0 Å². The van der Waals surface area contributed by atoms with Crippen molar-refractivity contribution >= 4 is 0 Å². The average molecular weight is 281 g/mol. The lowest BCUT2D eigenvalue weighted by Crippen LogP contribution is -2.33. The van der Waals surface area contributed by atoms with Crippen molar-refractivity contribution in [2.45, 2.75) is 43.9 Å². The Balaban J connectivity index is 2.05. The molecular formula is C18H23N3. The fraction of sp³-hybridized carbons (Fsp3) is 0.444. The van der Waals surface area contributed by atoms with Crippen LogP contribution in [0.4, 0.5) is 0 Å². The maximum atomic E-state index is 5.67. The first-order chi connectivity index (χ1) is 10.3. The Bertz CT molecular complexity index is 574. The van der Waals surface area contributed by atoms with Crippen LogP contribution in [0.2, 0.25) is 0 Å². The third-order valence-corrected chi connectivity index (χ3v) is 4.58. The van der Waals surface area contributed by atoms with Crippen LogP contribution < -0.4 is 5.73 Å². The molecule has 3 rings (SSSR count). The second-order valence-corrected chi connectivity index (χ2v) is 5.92. The average Bonchev–Trinajstić information content (AvgIpc) is 2.57. The van der Waals surface area contributed by atoms with E-state index in [0.29, 0.717) is 6.54 Å². The van der Waals surface area contributed by atoms with Crippen molar-refractivity contribution in [1.82, 2.24) is 9.97 Å². The lowest BCUT2D eigenvalue weighted by atomic mass is 9.68. The largest absolute Gasteiger partial charge is 0.330 e. The molecule has 3 heteroatoms. The first kappa shape index (κ1) is 14.2. The second kappa shape index (κ2) is 6.35. The van der Waals surface area contributed by atoms with Gasteiger partial charge < -0.3 is 5.73 Å². The molecule has 0 radical (unpaired) electrons. The van der Waals surface area contributed by atoms with Gasteiger partial charge in [0.05, 0.1) is 5.41 Å². The Hall–Kier alpha value is -1.74. The highest BCUT2D eigenvalue weighted by Crippen LogP contribution is 2.43. The van der Waals surface area contributed by atoms with Gasteiger partial charge in [0.15, 0.2) is 0 Å². The highest BCUT2D eigenvalue weighted by Gasteiger charge is 2.38. The fourth-order valence-corrected chi connectivity index (χ4v) is 3.47. The smallest absolute Gasteiger partial charge is 0.139 e. The number of hydrogen-bond donors (Lipinski definition) is 1. The van der Waals surface area contributed by atoms with Gasteiger partial charge in [0.25, 0.3) is 0 Å².